The monoisotopic (exact) mass is 318 g/mol. The van der Waals surface area contributed by atoms with E-state index in [0.29, 0.717) is 11.5 Å². The fourth-order valence-electron chi connectivity index (χ4n) is 1.93. The Bertz CT molecular complexity index is 744. The Labute approximate surface area is 130 Å². The first-order chi connectivity index (χ1) is 10.6. The topological polar surface area (TPSA) is 88.5 Å². The van der Waals surface area contributed by atoms with Gasteiger partial charge < -0.3 is 19.4 Å². The van der Waals surface area contributed by atoms with Crippen LogP contribution in [0.25, 0.3) is 11.5 Å². The van der Waals surface area contributed by atoms with E-state index in [1.165, 1.54) is 23.7 Å². The summed E-state index contributed by atoms with van der Waals surface area (Å²) in [5.41, 5.74) is -0.995. The Balaban J connectivity index is 1.65. The molecule has 0 aliphatic carbocycles. The number of thiophene rings is 1. The third-order valence-corrected chi connectivity index (χ3v) is 4.27. The molecule has 0 bridgehead atoms. The van der Waals surface area contributed by atoms with E-state index in [0.717, 1.165) is 4.88 Å². The summed E-state index contributed by atoms with van der Waals surface area (Å²) in [6.07, 6.45) is 1.51. The molecule has 0 spiro atoms. The molecule has 0 aliphatic rings. The molecule has 0 saturated heterocycles. The molecule has 2 N–H and O–H groups in total. The first-order valence-electron chi connectivity index (χ1n) is 6.61. The molecular formula is C15H14N2O4S. The van der Waals surface area contributed by atoms with E-state index in [2.05, 4.69) is 10.5 Å². The molecule has 0 aliphatic heterocycles. The van der Waals surface area contributed by atoms with Crippen LogP contribution in [0, 0.1) is 0 Å². The second kappa shape index (κ2) is 5.78. The lowest BCUT2D eigenvalue weighted by molar-refractivity contribution is 0.0554. The van der Waals surface area contributed by atoms with Crippen molar-refractivity contribution in [1.82, 2.24) is 10.5 Å². The Morgan fingerprint density at radius 2 is 2.27 bits per heavy atom. The van der Waals surface area contributed by atoms with Crippen LogP contribution in [-0.4, -0.2) is 22.7 Å². The normalized spacial score (nSPS) is 13.7. The molecule has 1 amide bonds. The largest absolute Gasteiger partial charge is 0.461 e. The summed E-state index contributed by atoms with van der Waals surface area (Å²) < 4.78 is 10.2. The van der Waals surface area contributed by atoms with Crippen LogP contribution in [0.1, 0.15) is 22.3 Å². The van der Waals surface area contributed by atoms with Gasteiger partial charge in [0.2, 0.25) is 5.76 Å². The van der Waals surface area contributed by atoms with Crippen LogP contribution in [0.3, 0.4) is 0 Å². The van der Waals surface area contributed by atoms with Gasteiger partial charge in [-0.3, -0.25) is 4.79 Å². The van der Waals surface area contributed by atoms with Crippen molar-refractivity contribution in [3.05, 3.63) is 52.5 Å². The van der Waals surface area contributed by atoms with E-state index in [-0.39, 0.29) is 12.2 Å². The predicted octanol–water partition coefficient (Wildman–Crippen LogP) is 2.63. The quantitative estimate of drug-likeness (QED) is 0.755. The van der Waals surface area contributed by atoms with E-state index in [1.807, 2.05) is 17.5 Å². The van der Waals surface area contributed by atoms with Crippen LogP contribution < -0.4 is 5.32 Å². The molecule has 3 rings (SSSR count). The van der Waals surface area contributed by atoms with Gasteiger partial charge in [0.15, 0.2) is 11.5 Å². The number of carbonyl (C=O) groups is 1. The van der Waals surface area contributed by atoms with Crippen molar-refractivity contribution in [2.75, 3.05) is 6.54 Å². The first kappa shape index (κ1) is 14.6. The molecule has 0 fully saturated rings. The Hall–Kier alpha value is -2.38. The number of nitrogens with one attached hydrogen (secondary N) is 1. The number of rotatable bonds is 5. The van der Waals surface area contributed by atoms with E-state index in [9.17, 15) is 9.90 Å². The minimum absolute atomic E-state index is 0.0787. The van der Waals surface area contributed by atoms with Crippen LogP contribution in [0.4, 0.5) is 0 Å². The number of amides is 1. The second-order valence-corrected chi connectivity index (χ2v) is 5.94. The van der Waals surface area contributed by atoms with Gasteiger partial charge in [-0.2, -0.15) is 0 Å². The molecule has 0 aromatic carbocycles. The third kappa shape index (κ3) is 2.95. The summed E-state index contributed by atoms with van der Waals surface area (Å²) in [6, 6.07) is 8.60. The van der Waals surface area contributed by atoms with Gasteiger partial charge in [-0.1, -0.05) is 11.2 Å². The van der Waals surface area contributed by atoms with E-state index in [1.54, 1.807) is 19.1 Å². The van der Waals surface area contributed by atoms with Gasteiger partial charge in [-0.25, -0.2) is 0 Å². The standard InChI is InChI=1S/C15H14N2O4S/c1-15(19,13-5-3-7-22-13)9-16-14(18)10-8-12(21-17-10)11-4-2-6-20-11/h2-8,19H,9H2,1H3,(H,16,18). The van der Waals surface area contributed by atoms with Gasteiger partial charge in [-0.15, -0.1) is 11.3 Å². The summed E-state index contributed by atoms with van der Waals surface area (Å²) in [5.74, 6) is 0.454. The molecule has 1 unspecified atom stereocenters. The molecule has 114 valence electrons. The summed E-state index contributed by atoms with van der Waals surface area (Å²) in [7, 11) is 0. The number of carbonyl (C=O) groups excluding carboxylic acids is 1. The van der Waals surface area contributed by atoms with Gasteiger partial charge >= 0.3 is 0 Å². The van der Waals surface area contributed by atoms with Crippen molar-refractivity contribution in [2.45, 2.75) is 12.5 Å². The Morgan fingerprint density at radius 1 is 1.41 bits per heavy atom. The molecule has 3 aromatic rings. The lowest BCUT2D eigenvalue weighted by Gasteiger charge is -2.21. The maximum atomic E-state index is 12.1. The van der Waals surface area contributed by atoms with Crippen LogP contribution >= 0.6 is 11.3 Å². The maximum absolute atomic E-state index is 12.1. The molecule has 6 nitrogen and oxygen atoms in total. The number of aromatic nitrogens is 1. The highest BCUT2D eigenvalue weighted by Gasteiger charge is 2.26. The minimum Gasteiger partial charge on any atom is -0.461 e. The average molecular weight is 318 g/mol. The summed E-state index contributed by atoms with van der Waals surface area (Å²) in [6.45, 7) is 1.73. The van der Waals surface area contributed by atoms with E-state index < -0.39 is 11.5 Å². The van der Waals surface area contributed by atoms with Crippen molar-refractivity contribution >= 4 is 17.2 Å². The molecule has 7 heteroatoms. The number of hydrogen-bond acceptors (Lipinski definition) is 6. The van der Waals surface area contributed by atoms with Gasteiger partial charge in [0, 0.05) is 10.9 Å². The van der Waals surface area contributed by atoms with Gasteiger partial charge in [0.1, 0.15) is 5.60 Å². The number of hydrogen-bond donors (Lipinski definition) is 2. The van der Waals surface area contributed by atoms with Crippen LogP contribution in [0.5, 0.6) is 0 Å². The molecule has 0 radical (unpaired) electrons. The van der Waals surface area contributed by atoms with E-state index >= 15 is 0 Å². The summed E-state index contributed by atoms with van der Waals surface area (Å²) in [5, 5.41) is 18.6. The Kier molecular flexibility index (Phi) is 3.82. The Morgan fingerprint density at radius 3 is 2.95 bits per heavy atom. The average Bonchev–Trinajstić information content (AvgIpc) is 3.26. The molecule has 3 aromatic heterocycles. The van der Waals surface area contributed by atoms with Crippen LogP contribution in [0.15, 0.2) is 50.9 Å². The van der Waals surface area contributed by atoms with Crippen LogP contribution in [-0.2, 0) is 5.60 Å². The van der Waals surface area contributed by atoms with Crippen LogP contribution in [0.2, 0.25) is 0 Å². The van der Waals surface area contributed by atoms with Crippen molar-refractivity contribution < 1.29 is 18.8 Å². The molecule has 22 heavy (non-hydrogen) atoms. The smallest absolute Gasteiger partial charge is 0.273 e. The number of furan rings is 1. The van der Waals surface area contributed by atoms with Crippen molar-refractivity contribution in [2.24, 2.45) is 0 Å². The number of nitrogens with zero attached hydrogens (tertiary/aromatic N) is 1. The van der Waals surface area contributed by atoms with E-state index in [4.69, 9.17) is 8.94 Å². The zero-order chi connectivity index (χ0) is 15.6. The SMILES string of the molecule is CC(O)(CNC(=O)c1cc(-c2ccco2)on1)c1cccs1. The highest BCUT2D eigenvalue weighted by Crippen LogP contribution is 2.25. The zero-order valence-corrected chi connectivity index (χ0v) is 12.6. The van der Waals surface area contributed by atoms with Gasteiger partial charge in [0.05, 0.1) is 12.8 Å². The second-order valence-electron chi connectivity index (χ2n) is 4.99. The highest BCUT2D eigenvalue weighted by atomic mass is 32.1. The molecule has 1 atom stereocenters. The fraction of sp³-hybridized carbons (Fsp3) is 0.200. The minimum atomic E-state index is -1.13. The zero-order valence-electron chi connectivity index (χ0n) is 11.8. The first-order valence-corrected chi connectivity index (χ1v) is 7.49. The van der Waals surface area contributed by atoms with Gasteiger partial charge in [-0.05, 0) is 30.5 Å². The number of aliphatic hydroxyl groups is 1. The summed E-state index contributed by atoms with van der Waals surface area (Å²) in [4.78, 5) is 12.9. The maximum Gasteiger partial charge on any atom is 0.273 e. The molecular weight excluding hydrogens is 304 g/mol. The van der Waals surface area contributed by atoms with Crippen molar-refractivity contribution in [3.63, 3.8) is 0 Å². The lowest BCUT2D eigenvalue weighted by atomic mass is 10.1. The summed E-state index contributed by atoms with van der Waals surface area (Å²) >= 11 is 1.43. The predicted molar refractivity (Wildman–Crippen MR) is 80.4 cm³/mol. The van der Waals surface area contributed by atoms with Crippen molar-refractivity contribution in [1.29, 1.82) is 0 Å². The molecule has 3 heterocycles. The third-order valence-electron chi connectivity index (χ3n) is 3.15. The fourth-order valence-corrected chi connectivity index (χ4v) is 2.72. The van der Waals surface area contributed by atoms with Gasteiger partial charge in [0.25, 0.3) is 5.91 Å². The molecule has 0 saturated carbocycles. The van der Waals surface area contributed by atoms with Crippen molar-refractivity contribution in [3.8, 4) is 11.5 Å². The highest BCUT2D eigenvalue weighted by molar-refractivity contribution is 7.10. The lowest BCUT2D eigenvalue weighted by Crippen LogP contribution is -2.38.